The van der Waals surface area contributed by atoms with Crippen molar-refractivity contribution < 1.29 is 23.8 Å². The third-order valence-electron chi connectivity index (χ3n) is 1.58. The Kier molecular flexibility index (Phi) is 8.38. The molecule has 0 rings (SSSR count). The Morgan fingerprint density at radius 1 is 1.25 bits per heavy atom. The fourth-order valence-corrected chi connectivity index (χ4v) is 0.965. The summed E-state index contributed by atoms with van der Waals surface area (Å²) < 4.78 is 14.8. The Morgan fingerprint density at radius 2 is 1.81 bits per heavy atom. The van der Waals surface area contributed by atoms with Crippen LogP contribution in [0.5, 0.6) is 0 Å². The van der Waals surface area contributed by atoms with E-state index in [4.69, 9.17) is 9.47 Å². The normalized spacial score (nSPS) is 10.2. The number of carbonyl (C=O) groups is 2. The maximum atomic E-state index is 11.5. The zero-order valence-electron chi connectivity index (χ0n) is 9.73. The smallest absolute Gasteiger partial charge is 0.313 e. The van der Waals surface area contributed by atoms with Gasteiger partial charge in [-0.05, 0) is 13.8 Å². The van der Waals surface area contributed by atoms with E-state index in [-0.39, 0.29) is 13.0 Å². The minimum atomic E-state index is -0.980. The fraction of sp³-hybridized carbons (Fsp3) is 0.636. The lowest BCUT2D eigenvalue weighted by molar-refractivity contribution is -0.171. The van der Waals surface area contributed by atoms with Crippen LogP contribution in [0.25, 0.3) is 0 Å². The molecule has 0 aromatic carbocycles. The van der Waals surface area contributed by atoms with Gasteiger partial charge in [-0.2, -0.15) is 0 Å². The van der Waals surface area contributed by atoms with Gasteiger partial charge in [0.2, 0.25) is 6.29 Å². The van der Waals surface area contributed by atoms with Gasteiger partial charge in [-0.25, -0.2) is 0 Å². The van der Waals surface area contributed by atoms with Crippen molar-refractivity contribution in [2.45, 2.75) is 26.6 Å². The molecule has 0 radical (unpaired) electrons. The van der Waals surface area contributed by atoms with E-state index in [0.29, 0.717) is 13.2 Å². The predicted octanol–water partition coefficient (Wildman–Crippen LogP) is 1.07. The molecule has 0 heterocycles. The minimum Gasteiger partial charge on any atom is -0.461 e. The first-order valence-corrected chi connectivity index (χ1v) is 5.18. The molecule has 0 unspecified atom stereocenters. The monoisotopic (exact) mass is 230 g/mol. The standard InChI is InChI=1S/C11H18O5/c1-4-7-16-10(13)8-9(12)11(14-5-2)15-6-3/h4,11H,1,5-8H2,2-3H3. The summed E-state index contributed by atoms with van der Waals surface area (Å²) in [5.41, 5.74) is 0. The minimum absolute atomic E-state index is 0.0973. The molecule has 92 valence electrons. The highest BCUT2D eigenvalue weighted by Crippen LogP contribution is 2.02. The maximum Gasteiger partial charge on any atom is 0.313 e. The van der Waals surface area contributed by atoms with Crippen LogP contribution in [0.3, 0.4) is 0 Å². The van der Waals surface area contributed by atoms with Gasteiger partial charge in [0.15, 0.2) is 5.78 Å². The van der Waals surface area contributed by atoms with E-state index in [1.807, 2.05) is 0 Å². The van der Waals surface area contributed by atoms with Gasteiger partial charge in [0.1, 0.15) is 13.0 Å². The Morgan fingerprint density at radius 3 is 2.25 bits per heavy atom. The zero-order chi connectivity index (χ0) is 12.4. The topological polar surface area (TPSA) is 61.8 Å². The van der Waals surface area contributed by atoms with Crippen molar-refractivity contribution in [1.82, 2.24) is 0 Å². The zero-order valence-corrected chi connectivity index (χ0v) is 9.73. The van der Waals surface area contributed by atoms with E-state index >= 15 is 0 Å². The van der Waals surface area contributed by atoms with E-state index in [0.717, 1.165) is 0 Å². The summed E-state index contributed by atoms with van der Waals surface area (Å²) in [6.07, 6.45) is 0.106. The summed E-state index contributed by atoms with van der Waals surface area (Å²) in [6, 6.07) is 0. The van der Waals surface area contributed by atoms with Gasteiger partial charge in [0.25, 0.3) is 0 Å². The summed E-state index contributed by atoms with van der Waals surface area (Å²) in [6.45, 7) is 7.67. The quantitative estimate of drug-likeness (QED) is 0.257. The number of hydrogen-bond donors (Lipinski definition) is 0. The lowest BCUT2D eigenvalue weighted by atomic mass is 10.3. The second-order valence-corrected chi connectivity index (χ2v) is 2.86. The number of Topliss-reactive ketones (excluding diaryl/α,β-unsaturated/α-hetero) is 1. The van der Waals surface area contributed by atoms with E-state index in [9.17, 15) is 9.59 Å². The van der Waals surface area contributed by atoms with Crippen molar-refractivity contribution in [3.05, 3.63) is 12.7 Å². The van der Waals surface area contributed by atoms with Crippen LogP contribution in [-0.2, 0) is 23.8 Å². The number of hydrogen-bond acceptors (Lipinski definition) is 5. The van der Waals surface area contributed by atoms with Crippen LogP contribution in [0.2, 0.25) is 0 Å². The molecule has 0 aliphatic rings. The number of ketones is 1. The van der Waals surface area contributed by atoms with Crippen molar-refractivity contribution in [2.24, 2.45) is 0 Å². The van der Waals surface area contributed by atoms with Crippen molar-refractivity contribution in [1.29, 1.82) is 0 Å². The second-order valence-electron chi connectivity index (χ2n) is 2.86. The Bertz CT molecular complexity index is 231. The second kappa shape index (κ2) is 9.06. The molecule has 5 nitrogen and oxygen atoms in total. The first-order chi connectivity index (χ1) is 7.65. The molecule has 0 amide bonds. The van der Waals surface area contributed by atoms with Gasteiger partial charge >= 0.3 is 5.97 Å². The molecular weight excluding hydrogens is 212 g/mol. The van der Waals surface area contributed by atoms with E-state index in [1.165, 1.54) is 6.08 Å². The summed E-state index contributed by atoms with van der Waals surface area (Å²) in [7, 11) is 0. The Balaban J connectivity index is 4.07. The predicted molar refractivity (Wildman–Crippen MR) is 57.8 cm³/mol. The Labute approximate surface area is 95.4 Å². The SMILES string of the molecule is C=CCOC(=O)CC(=O)C(OCC)OCC. The molecule has 0 aliphatic heterocycles. The third-order valence-corrected chi connectivity index (χ3v) is 1.58. The van der Waals surface area contributed by atoms with Crippen molar-refractivity contribution in [3.63, 3.8) is 0 Å². The van der Waals surface area contributed by atoms with Crippen molar-refractivity contribution >= 4 is 11.8 Å². The van der Waals surface area contributed by atoms with Crippen LogP contribution in [0.15, 0.2) is 12.7 Å². The first-order valence-electron chi connectivity index (χ1n) is 5.18. The molecular formula is C11H18O5. The lowest BCUT2D eigenvalue weighted by Gasteiger charge is -2.14. The highest BCUT2D eigenvalue weighted by Gasteiger charge is 2.22. The average Bonchev–Trinajstić information content (AvgIpc) is 2.26. The van der Waals surface area contributed by atoms with Crippen LogP contribution in [0.1, 0.15) is 20.3 Å². The summed E-state index contributed by atoms with van der Waals surface area (Å²) in [4.78, 5) is 22.6. The van der Waals surface area contributed by atoms with Gasteiger partial charge in [-0.1, -0.05) is 12.7 Å². The molecule has 0 spiro atoms. The molecule has 0 aromatic rings. The highest BCUT2D eigenvalue weighted by atomic mass is 16.7. The molecule has 0 atom stereocenters. The molecule has 5 heteroatoms. The van der Waals surface area contributed by atoms with Crippen LogP contribution in [0, 0.1) is 0 Å². The van der Waals surface area contributed by atoms with E-state index < -0.39 is 18.0 Å². The summed E-state index contributed by atoms with van der Waals surface area (Å²) in [5.74, 6) is -1.04. The third kappa shape index (κ3) is 6.31. The van der Waals surface area contributed by atoms with Crippen molar-refractivity contribution in [3.8, 4) is 0 Å². The molecule has 0 bridgehead atoms. The fourth-order valence-electron chi connectivity index (χ4n) is 0.965. The van der Waals surface area contributed by atoms with Gasteiger partial charge < -0.3 is 14.2 Å². The summed E-state index contributed by atoms with van der Waals surface area (Å²) in [5, 5.41) is 0. The van der Waals surface area contributed by atoms with Crippen molar-refractivity contribution in [2.75, 3.05) is 19.8 Å². The highest BCUT2D eigenvalue weighted by molar-refractivity contribution is 5.97. The number of esters is 1. The largest absolute Gasteiger partial charge is 0.461 e. The van der Waals surface area contributed by atoms with Crippen LogP contribution in [0.4, 0.5) is 0 Å². The molecule has 0 aromatic heterocycles. The van der Waals surface area contributed by atoms with Crippen LogP contribution >= 0.6 is 0 Å². The van der Waals surface area contributed by atoms with Gasteiger partial charge in [-0.15, -0.1) is 0 Å². The number of rotatable bonds is 9. The maximum absolute atomic E-state index is 11.5. The number of carbonyl (C=O) groups excluding carboxylic acids is 2. The van der Waals surface area contributed by atoms with Gasteiger partial charge in [0, 0.05) is 13.2 Å². The van der Waals surface area contributed by atoms with Crippen LogP contribution in [-0.4, -0.2) is 37.9 Å². The summed E-state index contributed by atoms with van der Waals surface area (Å²) >= 11 is 0. The molecule has 0 N–H and O–H groups in total. The molecule has 16 heavy (non-hydrogen) atoms. The van der Waals surface area contributed by atoms with E-state index in [1.54, 1.807) is 13.8 Å². The van der Waals surface area contributed by atoms with Crippen LogP contribution < -0.4 is 0 Å². The molecule has 0 saturated heterocycles. The molecule has 0 saturated carbocycles. The average molecular weight is 230 g/mol. The van der Waals surface area contributed by atoms with Gasteiger partial charge in [-0.3, -0.25) is 9.59 Å². The van der Waals surface area contributed by atoms with Gasteiger partial charge in [0.05, 0.1) is 0 Å². The Hall–Kier alpha value is -1.20. The molecule has 0 aliphatic carbocycles. The molecule has 0 fully saturated rings. The number of ether oxygens (including phenoxy) is 3. The van der Waals surface area contributed by atoms with E-state index in [2.05, 4.69) is 11.3 Å². The lowest BCUT2D eigenvalue weighted by Crippen LogP contribution is -2.30. The first kappa shape index (κ1) is 14.8.